The zero-order valence-electron chi connectivity index (χ0n) is 9.69. The lowest BCUT2D eigenvalue weighted by molar-refractivity contribution is 0.0702. The van der Waals surface area contributed by atoms with Crippen LogP contribution in [0.2, 0.25) is 10.0 Å². The van der Waals surface area contributed by atoms with Gasteiger partial charge < -0.3 is 10.4 Å². The normalized spacial score (nSPS) is 10.4. The SMILES string of the molecule is O=C(O)c1cnc(NCCc2ccc(Cl)cc2Cl)s1. The van der Waals surface area contributed by atoms with Gasteiger partial charge in [0.05, 0.1) is 6.20 Å². The Morgan fingerprint density at radius 2 is 2.21 bits per heavy atom. The highest BCUT2D eigenvalue weighted by Gasteiger charge is 2.08. The monoisotopic (exact) mass is 316 g/mol. The molecule has 0 radical (unpaired) electrons. The van der Waals surface area contributed by atoms with Crippen molar-refractivity contribution in [3.8, 4) is 0 Å². The lowest BCUT2D eigenvalue weighted by Gasteiger charge is -2.05. The summed E-state index contributed by atoms with van der Waals surface area (Å²) in [7, 11) is 0. The summed E-state index contributed by atoms with van der Waals surface area (Å²) < 4.78 is 0. The van der Waals surface area contributed by atoms with E-state index in [2.05, 4.69) is 10.3 Å². The van der Waals surface area contributed by atoms with Crippen LogP contribution in [0.1, 0.15) is 15.2 Å². The number of nitrogens with one attached hydrogen (secondary N) is 1. The summed E-state index contributed by atoms with van der Waals surface area (Å²) in [4.78, 5) is 14.9. The molecule has 0 fully saturated rings. The summed E-state index contributed by atoms with van der Waals surface area (Å²) in [6.45, 7) is 0.619. The van der Waals surface area contributed by atoms with Gasteiger partial charge in [0.2, 0.25) is 0 Å². The number of nitrogens with zero attached hydrogens (tertiary/aromatic N) is 1. The number of carboxylic acids is 1. The molecule has 2 N–H and O–H groups in total. The molecule has 0 aliphatic rings. The van der Waals surface area contributed by atoms with Crippen molar-refractivity contribution in [3.63, 3.8) is 0 Å². The number of hydrogen-bond acceptors (Lipinski definition) is 4. The minimum Gasteiger partial charge on any atom is -0.477 e. The highest BCUT2D eigenvalue weighted by molar-refractivity contribution is 7.17. The average molecular weight is 317 g/mol. The van der Waals surface area contributed by atoms with Gasteiger partial charge in [-0.1, -0.05) is 40.6 Å². The van der Waals surface area contributed by atoms with E-state index < -0.39 is 5.97 Å². The van der Waals surface area contributed by atoms with Gasteiger partial charge in [-0.25, -0.2) is 9.78 Å². The van der Waals surface area contributed by atoms with E-state index in [9.17, 15) is 4.79 Å². The van der Waals surface area contributed by atoms with Gasteiger partial charge in [-0.05, 0) is 24.1 Å². The van der Waals surface area contributed by atoms with Crippen LogP contribution in [0.4, 0.5) is 5.13 Å². The van der Waals surface area contributed by atoms with Crippen LogP contribution in [0.5, 0.6) is 0 Å². The molecule has 2 rings (SSSR count). The molecule has 0 aliphatic heterocycles. The first-order valence-corrected chi connectivity index (χ1v) is 7.00. The number of carboxylic acid groups (broad SMARTS) is 1. The summed E-state index contributed by atoms with van der Waals surface area (Å²) in [6.07, 6.45) is 2.04. The number of anilines is 1. The number of thiazole rings is 1. The second-order valence-corrected chi connectivity index (χ2v) is 5.62. The Bertz CT molecular complexity index is 601. The molecule has 0 unspecified atom stereocenters. The van der Waals surface area contributed by atoms with Crippen LogP contribution in [-0.4, -0.2) is 22.6 Å². The fraction of sp³-hybridized carbons (Fsp3) is 0.167. The summed E-state index contributed by atoms with van der Waals surface area (Å²) in [5.74, 6) is -0.966. The molecule has 19 heavy (non-hydrogen) atoms. The van der Waals surface area contributed by atoms with E-state index in [1.165, 1.54) is 6.20 Å². The van der Waals surface area contributed by atoms with Gasteiger partial charge >= 0.3 is 5.97 Å². The van der Waals surface area contributed by atoms with E-state index in [4.69, 9.17) is 28.3 Å². The van der Waals surface area contributed by atoms with Gasteiger partial charge in [0.1, 0.15) is 4.88 Å². The Labute approximate surface area is 124 Å². The maximum atomic E-state index is 10.7. The van der Waals surface area contributed by atoms with Gasteiger partial charge in [-0.2, -0.15) is 0 Å². The number of aromatic carboxylic acids is 1. The first kappa shape index (κ1) is 14.1. The molecule has 4 nitrogen and oxygen atoms in total. The zero-order chi connectivity index (χ0) is 13.8. The Kier molecular flexibility index (Phi) is 4.63. The first-order chi connectivity index (χ1) is 9.06. The minimum atomic E-state index is -0.966. The van der Waals surface area contributed by atoms with Crippen LogP contribution in [0.25, 0.3) is 0 Å². The van der Waals surface area contributed by atoms with E-state index in [-0.39, 0.29) is 4.88 Å². The summed E-state index contributed by atoms with van der Waals surface area (Å²) >= 11 is 13.0. The maximum Gasteiger partial charge on any atom is 0.347 e. The maximum absolute atomic E-state index is 10.7. The molecule has 0 amide bonds. The highest BCUT2D eigenvalue weighted by atomic mass is 35.5. The van der Waals surface area contributed by atoms with E-state index in [0.717, 1.165) is 16.9 Å². The number of rotatable bonds is 5. The van der Waals surface area contributed by atoms with Crippen molar-refractivity contribution in [2.45, 2.75) is 6.42 Å². The van der Waals surface area contributed by atoms with E-state index in [1.807, 2.05) is 6.07 Å². The Hall–Kier alpha value is -1.30. The van der Waals surface area contributed by atoms with Gasteiger partial charge in [-0.3, -0.25) is 0 Å². The molecule has 0 bridgehead atoms. The van der Waals surface area contributed by atoms with E-state index >= 15 is 0 Å². The van der Waals surface area contributed by atoms with Crippen molar-refractivity contribution in [3.05, 3.63) is 44.9 Å². The number of benzene rings is 1. The third-order valence-corrected chi connectivity index (χ3v) is 3.93. The van der Waals surface area contributed by atoms with E-state index in [1.54, 1.807) is 12.1 Å². The van der Waals surface area contributed by atoms with Gasteiger partial charge in [-0.15, -0.1) is 0 Å². The molecular formula is C12H10Cl2N2O2S. The third-order valence-electron chi connectivity index (χ3n) is 2.40. The lowest BCUT2D eigenvalue weighted by Crippen LogP contribution is -2.04. The molecule has 0 saturated carbocycles. The van der Waals surface area contributed by atoms with Crippen molar-refractivity contribution in [2.24, 2.45) is 0 Å². The van der Waals surface area contributed by atoms with E-state index in [0.29, 0.717) is 28.1 Å². The average Bonchev–Trinajstić information content (AvgIpc) is 2.81. The van der Waals surface area contributed by atoms with Crippen molar-refractivity contribution >= 4 is 45.6 Å². The van der Waals surface area contributed by atoms with Crippen LogP contribution in [0.3, 0.4) is 0 Å². The van der Waals surface area contributed by atoms with Crippen LogP contribution in [-0.2, 0) is 6.42 Å². The molecule has 1 heterocycles. The minimum absolute atomic E-state index is 0.215. The lowest BCUT2D eigenvalue weighted by atomic mass is 10.1. The molecule has 7 heteroatoms. The molecular weight excluding hydrogens is 307 g/mol. The Balaban J connectivity index is 1.90. The second kappa shape index (κ2) is 6.23. The largest absolute Gasteiger partial charge is 0.477 e. The number of aromatic nitrogens is 1. The summed E-state index contributed by atoms with van der Waals surface area (Å²) in [6, 6.07) is 5.36. The van der Waals surface area contributed by atoms with Gasteiger partial charge in [0, 0.05) is 16.6 Å². The predicted molar refractivity (Wildman–Crippen MR) is 77.7 cm³/mol. The number of halogens is 2. The Morgan fingerprint density at radius 1 is 1.42 bits per heavy atom. The molecule has 100 valence electrons. The first-order valence-electron chi connectivity index (χ1n) is 5.43. The molecule has 0 atom stereocenters. The van der Waals surface area contributed by atoms with Crippen molar-refractivity contribution in [1.82, 2.24) is 4.98 Å². The summed E-state index contributed by atoms with van der Waals surface area (Å²) in [5, 5.41) is 13.7. The quantitative estimate of drug-likeness (QED) is 0.880. The van der Waals surface area contributed by atoms with Crippen molar-refractivity contribution < 1.29 is 9.90 Å². The molecule has 0 saturated heterocycles. The standard InChI is InChI=1S/C12H10Cl2N2O2S/c13-8-2-1-7(9(14)5-8)3-4-15-12-16-6-10(19-12)11(17)18/h1-2,5-6H,3-4H2,(H,15,16)(H,17,18). The smallest absolute Gasteiger partial charge is 0.347 e. The zero-order valence-corrected chi connectivity index (χ0v) is 12.0. The third kappa shape index (κ3) is 3.83. The fourth-order valence-corrected chi connectivity index (χ4v) is 2.67. The predicted octanol–water partition coefficient (Wildman–Crippen LogP) is 3.80. The number of hydrogen-bond donors (Lipinski definition) is 2. The van der Waals surface area contributed by atoms with Crippen molar-refractivity contribution in [1.29, 1.82) is 0 Å². The Morgan fingerprint density at radius 3 is 2.84 bits per heavy atom. The van der Waals surface area contributed by atoms with Crippen LogP contribution < -0.4 is 5.32 Å². The van der Waals surface area contributed by atoms with Crippen LogP contribution in [0, 0.1) is 0 Å². The molecule has 1 aromatic heterocycles. The highest BCUT2D eigenvalue weighted by Crippen LogP contribution is 2.22. The van der Waals surface area contributed by atoms with Crippen LogP contribution in [0.15, 0.2) is 24.4 Å². The van der Waals surface area contributed by atoms with Gasteiger partial charge in [0.15, 0.2) is 5.13 Å². The fourth-order valence-electron chi connectivity index (χ4n) is 1.48. The molecule has 0 aliphatic carbocycles. The molecule has 1 aromatic carbocycles. The van der Waals surface area contributed by atoms with Crippen molar-refractivity contribution in [2.75, 3.05) is 11.9 Å². The second-order valence-electron chi connectivity index (χ2n) is 3.75. The molecule has 2 aromatic rings. The van der Waals surface area contributed by atoms with Gasteiger partial charge in [0.25, 0.3) is 0 Å². The topological polar surface area (TPSA) is 62.2 Å². The number of carbonyl (C=O) groups is 1. The van der Waals surface area contributed by atoms with Crippen LogP contribution >= 0.6 is 34.5 Å². The molecule has 0 spiro atoms. The summed E-state index contributed by atoms with van der Waals surface area (Å²) in [5.41, 5.74) is 0.980.